The van der Waals surface area contributed by atoms with Gasteiger partial charge in [0.15, 0.2) is 0 Å². The molecule has 1 saturated carbocycles. The van der Waals surface area contributed by atoms with Crippen molar-refractivity contribution in [3.8, 4) is 0 Å². The molecule has 0 aromatic rings. The molecule has 0 amide bonds. The van der Waals surface area contributed by atoms with Gasteiger partial charge in [0.2, 0.25) is 0 Å². The third-order valence-electron chi connectivity index (χ3n) is 3.25. The molecule has 0 unspecified atom stereocenters. The third kappa shape index (κ3) is 2.74. The Bertz CT molecular complexity index is 307. The first-order valence-electron chi connectivity index (χ1n) is 5.69. The number of oxime groups is 1. The van der Waals surface area contributed by atoms with E-state index in [0.717, 1.165) is 5.71 Å². The number of nitrogens with zero attached hydrogens (tertiary/aromatic N) is 1. The lowest BCUT2D eigenvalue weighted by Gasteiger charge is -2.05. The molecule has 0 radical (unpaired) electrons. The fourth-order valence-electron chi connectivity index (χ4n) is 2.17. The van der Waals surface area contributed by atoms with Crippen LogP contribution < -0.4 is 0 Å². The van der Waals surface area contributed by atoms with Crippen LogP contribution in [-0.4, -0.2) is 22.9 Å². The molecule has 0 spiro atoms. The van der Waals surface area contributed by atoms with Gasteiger partial charge < -0.3 is 9.94 Å². The van der Waals surface area contributed by atoms with Crippen molar-refractivity contribution in [2.45, 2.75) is 47.1 Å². The molecule has 1 rings (SSSR count). The molecule has 1 N–H and O–H groups in total. The van der Waals surface area contributed by atoms with Gasteiger partial charge in [0, 0.05) is 0 Å². The van der Waals surface area contributed by atoms with Crippen molar-refractivity contribution in [3.63, 3.8) is 0 Å². The molecule has 0 aromatic carbocycles. The Morgan fingerprint density at radius 1 is 1.50 bits per heavy atom. The molecule has 2 atom stereocenters. The van der Waals surface area contributed by atoms with Gasteiger partial charge in [-0.25, -0.2) is 0 Å². The maximum absolute atomic E-state index is 11.0. The fraction of sp³-hybridized carbons (Fsp3) is 0.833. The smallest absolute Gasteiger partial charge is 0.307 e. The average molecular weight is 227 g/mol. The van der Waals surface area contributed by atoms with Gasteiger partial charge in [0.05, 0.1) is 11.6 Å². The fourth-order valence-corrected chi connectivity index (χ4v) is 2.17. The van der Waals surface area contributed by atoms with E-state index < -0.39 is 5.97 Å². The summed E-state index contributed by atoms with van der Waals surface area (Å²) in [6.07, 6.45) is 0.772. The number of carboxylic acid groups (broad SMARTS) is 1. The number of hydrogen-bond acceptors (Lipinski definition) is 3. The monoisotopic (exact) mass is 227 g/mol. The molecule has 0 saturated heterocycles. The van der Waals surface area contributed by atoms with Crippen molar-refractivity contribution >= 4 is 11.7 Å². The summed E-state index contributed by atoms with van der Waals surface area (Å²) in [5.41, 5.74) is 0.760. The molecule has 0 bridgehead atoms. The van der Waals surface area contributed by atoms with E-state index >= 15 is 0 Å². The van der Waals surface area contributed by atoms with Gasteiger partial charge >= 0.3 is 5.97 Å². The highest BCUT2D eigenvalue weighted by molar-refractivity contribution is 5.84. The van der Waals surface area contributed by atoms with Gasteiger partial charge in [-0.1, -0.05) is 19.0 Å². The Hall–Kier alpha value is -1.06. The van der Waals surface area contributed by atoms with Crippen LogP contribution >= 0.6 is 0 Å². The van der Waals surface area contributed by atoms with Crippen molar-refractivity contribution in [1.82, 2.24) is 0 Å². The lowest BCUT2D eigenvalue weighted by Crippen LogP contribution is -2.04. The van der Waals surface area contributed by atoms with E-state index in [0.29, 0.717) is 6.42 Å². The number of aliphatic carboxylic acids is 1. The van der Waals surface area contributed by atoms with E-state index in [4.69, 9.17) is 9.94 Å². The zero-order valence-electron chi connectivity index (χ0n) is 10.7. The van der Waals surface area contributed by atoms with Gasteiger partial charge in [0.25, 0.3) is 0 Å². The van der Waals surface area contributed by atoms with Crippen molar-refractivity contribution in [1.29, 1.82) is 0 Å². The van der Waals surface area contributed by atoms with E-state index in [1.165, 1.54) is 0 Å². The predicted octanol–water partition coefficient (Wildman–Crippen LogP) is 2.53. The van der Waals surface area contributed by atoms with Crippen LogP contribution in [0.2, 0.25) is 0 Å². The van der Waals surface area contributed by atoms with Gasteiger partial charge in [-0.05, 0) is 38.5 Å². The van der Waals surface area contributed by atoms with Crippen LogP contribution in [0.3, 0.4) is 0 Å². The highest BCUT2D eigenvalue weighted by Gasteiger charge is 2.61. The summed E-state index contributed by atoms with van der Waals surface area (Å²) in [6.45, 7) is 9.70. The van der Waals surface area contributed by atoms with Crippen molar-refractivity contribution < 1.29 is 14.7 Å². The second-order valence-electron chi connectivity index (χ2n) is 5.43. The molecule has 0 aromatic heterocycles. The molecule has 1 fully saturated rings. The van der Waals surface area contributed by atoms with Crippen LogP contribution in [0.25, 0.3) is 0 Å². The Morgan fingerprint density at radius 2 is 2.06 bits per heavy atom. The van der Waals surface area contributed by atoms with Crippen LogP contribution in [0.5, 0.6) is 0 Å². The van der Waals surface area contributed by atoms with Gasteiger partial charge in [-0.3, -0.25) is 4.79 Å². The van der Waals surface area contributed by atoms with Crippen LogP contribution in [-0.2, 0) is 9.63 Å². The largest absolute Gasteiger partial charge is 0.481 e. The Kier molecular flexibility index (Phi) is 3.61. The first-order valence-corrected chi connectivity index (χ1v) is 5.69. The second-order valence-corrected chi connectivity index (χ2v) is 5.43. The summed E-state index contributed by atoms with van der Waals surface area (Å²) in [5, 5.41) is 13.0. The Morgan fingerprint density at radius 3 is 2.44 bits per heavy atom. The van der Waals surface area contributed by atoms with Crippen molar-refractivity contribution in [2.24, 2.45) is 22.4 Å². The molecule has 0 aliphatic heterocycles. The molecule has 0 heterocycles. The molecule has 16 heavy (non-hydrogen) atoms. The second kappa shape index (κ2) is 4.44. The van der Waals surface area contributed by atoms with Crippen LogP contribution in [0, 0.1) is 17.3 Å². The summed E-state index contributed by atoms with van der Waals surface area (Å²) in [6, 6.07) is 0. The van der Waals surface area contributed by atoms with Crippen LogP contribution in [0.4, 0.5) is 0 Å². The minimum atomic E-state index is -0.701. The third-order valence-corrected chi connectivity index (χ3v) is 3.25. The highest BCUT2D eigenvalue weighted by Crippen LogP contribution is 2.60. The van der Waals surface area contributed by atoms with Crippen LogP contribution in [0.15, 0.2) is 5.16 Å². The zero-order valence-corrected chi connectivity index (χ0v) is 10.7. The number of hydrogen-bond donors (Lipinski definition) is 1. The minimum absolute atomic E-state index is 0.0671. The average Bonchev–Trinajstić information content (AvgIpc) is 2.64. The first kappa shape index (κ1) is 13.0. The summed E-state index contributed by atoms with van der Waals surface area (Å²) in [7, 11) is 0. The highest BCUT2D eigenvalue weighted by atomic mass is 16.6. The summed E-state index contributed by atoms with van der Waals surface area (Å²) in [5.74, 6) is -0.756. The Balaban J connectivity index is 2.51. The molecular weight excluding hydrogens is 206 g/mol. The lowest BCUT2D eigenvalue weighted by atomic mass is 10.1. The molecular formula is C12H21NO3. The lowest BCUT2D eigenvalue weighted by molar-refractivity contribution is -0.139. The molecule has 1 aliphatic rings. The number of carbonyl (C=O) groups is 1. The van der Waals surface area contributed by atoms with Gasteiger partial charge in [-0.2, -0.15) is 0 Å². The Labute approximate surface area is 96.7 Å². The quantitative estimate of drug-likeness (QED) is 0.580. The minimum Gasteiger partial charge on any atom is -0.481 e. The SMILES string of the molecule is CC(C[C@H]1[C@@H](C(=O)O)C1(C)C)=NOC(C)C. The summed E-state index contributed by atoms with van der Waals surface area (Å²) < 4.78 is 0. The molecule has 92 valence electrons. The van der Waals surface area contributed by atoms with E-state index in [2.05, 4.69) is 5.16 Å². The maximum Gasteiger partial charge on any atom is 0.307 e. The first-order chi connectivity index (χ1) is 7.26. The number of carboxylic acids is 1. The summed E-state index contributed by atoms with van der Waals surface area (Å²) in [4.78, 5) is 16.1. The molecule has 4 heteroatoms. The van der Waals surface area contributed by atoms with E-state index in [1.807, 2.05) is 34.6 Å². The van der Waals surface area contributed by atoms with Crippen molar-refractivity contribution in [3.05, 3.63) is 0 Å². The van der Waals surface area contributed by atoms with E-state index in [9.17, 15) is 4.79 Å². The summed E-state index contributed by atoms with van der Waals surface area (Å²) >= 11 is 0. The van der Waals surface area contributed by atoms with Gasteiger partial charge in [-0.15, -0.1) is 0 Å². The zero-order chi connectivity index (χ0) is 12.5. The predicted molar refractivity (Wildman–Crippen MR) is 62.3 cm³/mol. The van der Waals surface area contributed by atoms with Crippen LogP contribution in [0.1, 0.15) is 41.0 Å². The molecule has 1 aliphatic carbocycles. The number of rotatable bonds is 5. The molecule has 4 nitrogen and oxygen atoms in total. The maximum atomic E-state index is 11.0. The van der Waals surface area contributed by atoms with E-state index in [1.54, 1.807) is 0 Å². The normalized spacial score (nSPS) is 28.0. The topological polar surface area (TPSA) is 58.9 Å². The standard InChI is InChI=1S/C12H21NO3/c1-7(2)16-13-8(3)6-9-10(11(14)15)12(9,4)5/h7,9-10H,6H2,1-5H3,(H,14,15)/t9-,10-/m0/s1. The van der Waals surface area contributed by atoms with Gasteiger partial charge in [0.1, 0.15) is 6.10 Å². The van der Waals surface area contributed by atoms with Crippen molar-refractivity contribution in [2.75, 3.05) is 0 Å². The van der Waals surface area contributed by atoms with E-state index in [-0.39, 0.29) is 23.4 Å².